The van der Waals surface area contributed by atoms with E-state index in [4.69, 9.17) is 9.47 Å². The Hall–Kier alpha value is -2.86. The van der Waals surface area contributed by atoms with E-state index in [1.54, 1.807) is 32.4 Å². The van der Waals surface area contributed by atoms with Crippen LogP contribution in [0.25, 0.3) is 0 Å². The number of nitrogens with one attached hydrogen (secondary N) is 1. The maximum Gasteiger partial charge on any atom is 0.238 e. The number of Topliss-reactive ketones (excluding diaryl/α,β-unsaturated/α-hetero) is 1. The second-order valence-corrected chi connectivity index (χ2v) is 8.13. The summed E-state index contributed by atoms with van der Waals surface area (Å²) in [6, 6.07) is 13.2. The molecule has 166 valence electrons. The quantitative estimate of drug-likeness (QED) is 0.612. The smallest absolute Gasteiger partial charge is 0.238 e. The molecule has 0 spiro atoms. The lowest BCUT2D eigenvalue weighted by molar-refractivity contribution is -0.117. The molecule has 0 atom stereocenters. The number of methoxy groups -OCH3 is 2. The summed E-state index contributed by atoms with van der Waals surface area (Å²) in [4.78, 5) is 26.4. The summed E-state index contributed by atoms with van der Waals surface area (Å²) >= 11 is 0. The van der Waals surface area contributed by atoms with Crippen molar-refractivity contribution in [3.05, 3.63) is 53.6 Å². The first-order valence-corrected chi connectivity index (χ1v) is 10.8. The van der Waals surface area contributed by atoms with E-state index in [1.165, 1.54) is 12.5 Å². The van der Waals surface area contributed by atoms with Gasteiger partial charge >= 0.3 is 0 Å². The normalized spacial score (nSPS) is 14.8. The van der Waals surface area contributed by atoms with Gasteiger partial charge in [0.25, 0.3) is 0 Å². The molecule has 2 aromatic carbocycles. The Bertz CT molecular complexity index is 882. The van der Waals surface area contributed by atoms with Crippen molar-refractivity contribution >= 4 is 17.4 Å². The molecule has 0 radical (unpaired) electrons. The van der Waals surface area contributed by atoms with Crippen LogP contribution >= 0.6 is 0 Å². The topological polar surface area (TPSA) is 67.9 Å². The van der Waals surface area contributed by atoms with E-state index in [0.717, 1.165) is 50.3 Å². The Morgan fingerprint density at radius 1 is 1.03 bits per heavy atom. The van der Waals surface area contributed by atoms with Crippen LogP contribution in [0.1, 0.15) is 42.1 Å². The van der Waals surface area contributed by atoms with Gasteiger partial charge in [0.1, 0.15) is 11.5 Å². The van der Waals surface area contributed by atoms with Crippen LogP contribution < -0.4 is 14.8 Å². The molecule has 0 aliphatic carbocycles. The summed E-state index contributed by atoms with van der Waals surface area (Å²) in [6.45, 7) is 3.69. The van der Waals surface area contributed by atoms with Crippen LogP contribution in [0.2, 0.25) is 0 Å². The number of likely N-dealkylation sites (tertiary alicyclic amines) is 1. The summed E-state index contributed by atoms with van der Waals surface area (Å²) in [5, 5.41) is 2.89. The minimum Gasteiger partial charge on any atom is -0.497 e. The number of nitrogens with zero attached hydrogens (tertiary/aromatic N) is 1. The minimum absolute atomic E-state index is 0.0506. The Kier molecular flexibility index (Phi) is 8.06. The van der Waals surface area contributed by atoms with Crippen molar-refractivity contribution in [3.63, 3.8) is 0 Å². The van der Waals surface area contributed by atoms with E-state index in [9.17, 15) is 9.59 Å². The Labute approximate surface area is 184 Å². The number of anilines is 1. The number of carbonyl (C=O) groups is 2. The van der Waals surface area contributed by atoms with Gasteiger partial charge < -0.3 is 14.8 Å². The van der Waals surface area contributed by atoms with Crippen molar-refractivity contribution in [2.75, 3.05) is 39.2 Å². The zero-order valence-electron chi connectivity index (χ0n) is 18.6. The fourth-order valence-electron chi connectivity index (χ4n) is 4.11. The molecule has 1 heterocycles. The van der Waals surface area contributed by atoms with E-state index in [0.29, 0.717) is 23.7 Å². The molecule has 0 bridgehead atoms. The highest BCUT2D eigenvalue weighted by atomic mass is 16.5. The molecule has 31 heavy (non-hydrogen) atoms. The molecule has 1 aliphatic rings. The van der Waals surface area contributed by atoms with Crippen molar-refractivity contribution < 1.29 is 19.1 Å². The summed E-state index contributed by atoms with van der Waals surface area (Å²) in [6.07, 6.45) is 4.26. The molecule has 1 amide bonds. The Balaban J connectivity index is 1.45. The highest BCUT2D eigenvalue weighted by Crippen LogP contribution is 2.27. The second kappa shape index (κ2) is 11.0. The van der Waals surface area contributed by atoms with Gasteiger partial charge in [-0.2, -0.15) is 0 Å². The third kappa shape index (κ3) is 6.56. The number of hydrogen-bond donors (Lipinski definition) is 1. The van der Waals surface area contributed by atoms with Crippen molar-refractivity contribution in [3.8, 4) is 11.5 Å². The SMILES string of the molecule is COc1cc(CCC2CCN(CC(=O)Nc3ccccc3C(C)=O)CC2)cc(OC)c1. The van der Waals surface area contributed by atoms with Gasteiger partial charge in [0.2, 0.25) is 5.91 Å². The molecule has 0 saturated carbocycles. The lowest BCUT2D eigenvalue weighted by Crippen LogP contribution is -2.39. The third-order valence-electron chi connectivity index (χ3n) is 5.91. The molecule has 6 heteroatoms. The predicted octanol–water partition coefficient (Wildman–Crippen LogP) is 4.19. The predicted molar refractivity (Wildman–Crippen MR) is 122 cm³/mol. The number of aryl methyl sites for hydroxylation is 1. The van der Waals surface area contributed by atoms with Crippen LogP contribution in [0.3, 0.4) is 0 Å². The van der Waals surface area contributed by atoms with E-state index >= 15 is 0 Å². The van der Waals surface area contributed by atoms with Gasteiger partial charge in [-0.15, -0.1) is 0 Å². The third-order valence-corrected chi connectivity index (χ3v) is 5.91. The molecule has 1 saturated heterocycles. The van der Waals surface area contributed by atoms with Crippen LogP contribution in [0.5, 0.6) is 11.5 Å². The average Bonchev–Trinajstić information content (AvgIpc) is 2.78. The summed E-state index contributed by atoms with van der Waals surface area (Å²) in [7, 11) is 3.34. The maximum absolute atomic E-state index is 12.5. The molecule has 2 aromatic rings. The Morgan fingerprint density at radius 2 is 1.68 bits per heavy atom. The van der Waals surface area contributed by atoms with Gasteiger partial charge in [-0.1, -0.05) is 12.1 Å². The fourth-order valence-corrected chi connectivity index (χ4v) is 4.11. The lowest BCUT2D eigenvalue weighted by atomic mass is 9.90. The number of amides is 1. The van der Waals surface area contributed by atoms with Gasteiger partial charge in [-0.25, -0.2) is 0 Å². The number of hydrogen-bond acceptors (Lipinski definition) is 5. The number of benzene rings is 2. The molecular weight excluding hydrogens is 392 g/mol. The molecule has 3 rings (SSSR count). The molecule has 6 nitrogen and oxygen atoms in total. The summed E-state index contributed by atoms with van der Waals surface area (Å²) in [5.74, 6) is 2.17. The number of ketones is 1. The minimum atomic E-state index is -0.0735. The standard InChI is InChI=1S/C25H32N2O4/c1-18(28)23-6-4-5-7-24(23)26-25(29)17-27-12-10-19(11-13-27)8-9-20-14-21(30-2)16-22(15-20)31-3/h4-7,14-16,19H,8-13,17H2,1-3H3,(H,26,29). The number of carbonyl (C=O) groups excluding carboxylic acids is 2. The van der Waals surface area contributed by atoms with Crippen molar-refractivity contribution in [1.29, 1.82) is 0 Å². The van der Waals surface area contributed by atoms with Crippen LogP contribution in [-0.4, -0.2) is 50.4 Å². The van der Waals surface area contributed by atoms with Gasteiger partial charge in [0.05, 0.1) is 26.5 Å². The number of para-hydroxylation sites is 1. The highest BCUT2D eigenvalue weighted by Gasteiger charge is 2.21. The van der Waals surface area contributed by atoms with Gasteiger partial charge in [-0.05, 0) is 81.4 Å². The monoisotopic (exact) mass is 424 g/mol. The van der Waals surface area contributed by atoms with Gasteiger partial charge in [0.15, 0.2) is 5.78 Å². The molecule has 1 N–H and O–H groups in total. The number of rotatable bonds is 9. The first kappa shape index (κ1) is 22.8. The molecular formula is C25H32N2O4. The van der Waals surface area contributed by atoms with E-state index in [-0.39, 0.29) is 11.7 Å². The van der Waals surface area contributed by atoms with Crippen molar-refractivity contribution in [2.24, 2.45) is 5.92 Å². The first-order chi connectivity index (χ1) is 15.0. The van der Waals surface area contributed by atoms with Crippen LogP contribution in [-0.2, 0) is 11.2 Å². The highest BCUT2D eigenvalue weighted by molar-refractivity contribution is 6.04. The van der Waals surface area contributed by atoms with E-state index in [2.05, 4.69) is 22.3 Å². The maximum atomic E-state index is 12.5. The molecule has 0 aromatic heterocycles. The van der Waals surface area contributed by atoms with Gasteiger partial charge in [0, 0.05) is 11.6 Å². The molecule has 1 fully saturated rings. The Morgan fingerprint density at radius 3 is 2.29 bits per heavy atom. The largest absolute Gasteiger partial charge is 0.497 e. The van der Waals surface area contributed by atoms with Crippen molar-refractivity contribution in [2.45, 2.75) is 32.6 Å². The van der Waals surface area contributed by atoms with E-state index < -0.39 is 0 Å². The van der Waals surface area contributed by atoms with Gasteiger partial charge in [-0.3, -0.25) is 14.5 Å². The van der Waals surface area contributed by atoms with E-state index in [1.807, 2.05) is 12.1 Å². The fraction of sp³-hybridized carbons (Fsp3) is 0.440. The average molecular weight is 425 g/mol. The second-order valence-electron chi connectivity index (χ2n) is 8.13. The summed E-state index contributed by atoms with van der Waals surface area (Å²) < 4.78 is 10.7. The first-order valence-electron chi connectivity index (χ1n) is 10.8. The molecule has 0 unspecified atom stereocenters. The van der Waals surface area contributed by atoms with Crippen LogP contribution in [0.15, 0.2) is 42.5 Å². The molecule has 1 aliphatic heterocycles. The van der Waals surface area contributed by atoms with Crippen molar-refractivity contribution in [1.82, 2.24) is 4.90 Å². The van der Waals surface area contributed by atoms with Crippen LogP contribution in [0.4, 0.5) is 5.69 Å². The number of ether oxygens (including phenoxy) is 2. The zero-order valence-corrected chi connectivity index (χ0v) is 18.6. The zero-order chi connectivity index (χ0) is 22.2. The van der Waals surface area contributed by atoms with Crippen LogP contribution in [0, 0.1) is 5.92 Å². The lowest BCUT2D eigenvalue weighted by Gasteiger charge is -2.31. The number of piperidine rings is 1. The summed E-state index contributed by atoms with van der Waals surface area (Å²) in [5.41, 5.74) is 2.36.